The molecule has 0 fully saturated rings. The van der Waals surface area contributed by atoms with E-state index < -0.39 is 9.17 Å². The molecule has 0 aromatic rings. The average Bonchev–Trinajstić information content (AvgIpc) is 0.811. The first-order valence-electron chi connectivity index (χ1n) is 0.651. The van der Waals surface area contributed by atoms with E-state index in [1.807, 2.05) is 0 Å². The second kappa shape index (κ2) is 22.4. The van der Waals surface area contributed by atoms with Crippen molar-refractivity contribution in [1.29, 1.82) is 0 Å². The molecule has 0 aliphatic heterocycles. The van der Waals surface area contributed by atoms with Crippen LogP contribution in [0.3, 0.4) is 0 Å². The molecule has 0 aromatic heterocycles. The fraction of sp³-hybridized carbons (Fsp3) is 0. The van der Waals surface area contributed by atoms with Crippen molar-refractivity contribution in [1.82, 2.24) is 0 Å². The van der Waals surface area contributed by atoms with Gasteiger partial charge >= 0.3 is 109 Å². The van der Waals surface area contributed by atoms with Crippen molar-refractivity contribution in [2.45, 2.75) is 0 Å². The summed E-state index contributed by atoms with van der Waals surface area (Å²) in [6.07, 6.45) is 0. The molecule has 0 aromatic carbocycles. The summed E-state index contributed by atoms with van der Waals surface area (Å²) < 4.78 is 8.74. The molecule has 0 aliphatic rings. The first kappa shape index (κ1) is 30.2. The summed E-state index contributed by atoms with van der Waals surface area (Å²) in [4.78, 5) is 14.3. The molecule has 0 atom stereocenters. The second-order valence-electron chi connectivity index (χ2n) is 0.283. The third-order valence-corrected chi connectivity index (χ3v) is 0. The van der Waals surface area contributed by atoms with Crippen LogP contribution < -0.4 is 51.4 Å². The van der Waals surface area contributed by atoms with Crippen LogP contribution in [0.25, 0.3) is 0 Å². The van der Waals surface area contributed by atoms with Crippen molar-refractivity contribution < 1.29 is 75.2 Å². The molecular weight excluding hydrogens is 295 g/mol. The van der Waals surface area contributed by atoms with Crippen molar-refractivity contribution in [3.63, 3.8) is 0 Å². The summed E-state index contributed by atoms with van der Waals surface area (Å²) in [5.74, 6) is 0. The van der Waals surface area contributed by atoms with E-state index in [1.54, 1.807) is 0 Å². The summed E-state index contributed by atoms with van der Waals surface area (Å²) >= 11 is 0. The summed E-state index contributed by atoms with van der Waals surface area (Å²) in [5.41, 5.74) is 0. The SMILES string of the molecule is O.O=[Si](O)O.[AlH3].[Ba+2].[H-].[H-].[H-].[K+]. The van der Waals surface area contributed by atoms with Gasteiger partial charge in [-0.25, -0.2) is 0 Å². The summed E-state index contributed by atoms with van der Waals surface area (Å²) in [6, 6.07) is 0. The van der Waals surface area contributed by atoms with Gasteiger partial charge in [0.1, 0.15) is 0 Å². The Kier molecular flexibility index (Phi) is 84.7. The molecule has 4 nitrogen and oxygen atoms in total. The predicted octanol–water partition coefficient (Wildman–Crippen LogP) is -6.66. The normalized spacial score (nSPS) is 3.00. The van der Waals surface area contributed by atoms with Crippen molar-refractivity contribution in [2.75, 3.05) is 0 Å². The molecule has 0 aliphatic carbocycles. The van der Waals surface area contributed by atoms with Crippen molar-refractivity contribution in [3.8, 4) is 0 Å². The maximum atomic E-state index is 8.74. The zero-order valence-electron chi connectivity index (χ0n) is 7.01. The van der Waals surface area contributed by atoms with Gasteiger partial charge in [-0.05, 0) is 0 Å². The Bertz CT molecular complexity index is 48.3. The Morgan fingerprint density at radius 3 is 1.38 bits per heavy atom. The molecular formula is H10AlBaKO4Si. The molecule has 0 bridgehead atoms. The Hall–Kier alpha value is 3.32. The largest absolute Gasteiger partial charge is 2.00 e. The topological polar surface area (TPSA) is 89.0 Å². The van der Waals surface area contributed by atoms with Gasteiger partial charge in [-0.1, -0.05) is 0 Å². The standard InChI is InChI=1S/Al.Ba.K.H2O3Si.H2O.6H/c;;;1-4(2)3;;;;;;;/h;;;1-2H;1H2;;;;;;/q;+2;+1;;;;;;3*-1. The first-order valence-corrected chi connectivity index (χ1v) is 1.95. The molecule has 0 heterocycles. The van der Waals surface area contributed by atoms with Crippen molar-refractivity contribution in [2.24, 2.45) is 0 Å². The molecule has 8 heavy (non-hydrogen) atoms. The van der Waals surface area contributed by atoms with Crippen LogP contribution in [0.15, 0.2) is 0 Å². The molecule has 0 spiro atoms. The Balaban J connectivity index is -0.00000000214. The van der Waals surface area contributed by atoms with Gasteiger partial charge in [0.2, 0.25) is 0 Å². The Labute approximate surface area is 147 Å². The van der Waals surface area contributed by atoms with Crippen LogP contribution in [0.1, 0.15) is 4.28 Å². The van der Waals surface area contributed by atoms with Crippen molar-refractivity contribution >= 4 is 75.4 Å². The fourth-order valence-corrected chi connectivity index (χ4v) is 0. The van der Waals surface area contributed by atoms with E-state index in [-0.39, 0.29) is 127 Å². The van der Waals surface area contributed by atoms with E-state index in [1.165, 1.54) is 0 Å². The number of hydrogen-bond donors (Lipinski definition) is 2. The molecule has 8 heteroatoms. The van der Waals surface area contributed by atoms with Gasteiger partial charge in [0.15, 0.2) is 17.4 Å². The van der Waals surface area contributed by atoms with Crippen LogP contribution in [0.5, 0.6) is 0 Å². The molecule has 0 rings (SSSR count). The molecule has 4 N–H and O–H groups in total. The smallest absolute Gasteiger partial charge is 1.00 e. The maximum absolute atomic E-state index is 8.74. The van der Waals surface area contributed by atoms with Gasteiger partial charge in [-0.3, -0.25) is 4.46 Å². The molecule has 0 amide bonds. The van der Waals surface area contributed by atoms with Crippen LogP contribution >= 0.6 is 0 Å². The van der Waals surface area contributed by atoms with E-state index >= 15 is 0 Å². The van der Waals surface area contributed by atoms with E-state index in [0.717, 1.165) is 0 Å². The maximum Gasteiger partial charge on any atom is 2.00 e. The Morgan fingerprint density at radius 2 is 1.38 bits per heavy atom. The number of rotatable bonds is 0. The van der Waals surface area contributed by atoms with Crippen LogP contribution in [0, 0.1) is 0 Å². The number of hydrogen-bond acceptors (Lipinski definition) is 1. The zero-order valence-corrected chi connectivity index (χ0v) is 12.6. The minimum atomic E-state index is -3.13. The minimum Gasteiger partial charge on any atom is -1.00 e. The monoisotopic (exact) mass is 306 g/mol. The van der Waals surface area contributed by atoms with Crippen LogP contribution in [0.4, 0.5) is 0 Å². The van der Waals surface area contributed by atoms with Gasteiger partial charge in [0.25, 0.3) is 0 Å². The van der Waals surface area contributed by atoms with E-state index in [4.69, 9.17) is 14.1 Å². The molecule has 0 unspecified atom stereocenters. The summed E-state index contributed by atoms with van der Waals surface area (Å²) in [5, 5.41) is 0. The van der Waals surface area contributed by atoms with Gasteiger partial charge in [-0.15, -0.1) is 0 Å². The summed E-state index contributed by atoms with van der Waals surface area (Å²) in [7, 11) is -3.13. The van der Waals surface area contributed by atoms with Crippen LogP contribution in [-0.4, -0.2) is 90.5 Å². The Morgan fingerprint density at radius 1 is 1.38 bits per heavy atom. The van der Waals surface area contributed by atoms with Gasteiger partial charge in [-0.2, -0.15) is 0 Å². The van der Waals surface area contributed by atoms with Crippen molar-refractivity contribution in [3.05, 3.63) is 0 Å². The van der Waals surface area contributed by atoms with E-state index in [2.05, 4.69) is 0 Å². The van der Waals surface area contributed by atoms with Gasteiger partial charge < -0.3 is 19.3 Å². The van der Waals surface area contributed by atoms with E-state index in [9.17, 15) is 0 Å². The first-order chi connectivity index (χ1) is 1.73. The predicted molar refractivity (Wildman–Crippen MR) is 33.5 cm³/mol. The third-order valence-electron chi connectivity index (χ3n) is 0. The molecule has 44 valence electrons. The summed E-state index contributed by atoms with van der Waals surface area (Å²) in [6.45, 7) is 0. The minimum absolute atomic E-state index is 0. The average molecular weight is 306 g/mol. The molecule has 0 saturated heterocycles. The fourth-order valence-electron chi connectivity index (χ4n) is 0. The van der Waals surface area contributed by atoms with Crippen LogP contribution in [0.2, 0.25) is 0 Å². The van der Waals surface area contributed by atoms with E-state index in [0.29, 0.717) is 0 Å². The van der Waals surface area contributed by atoms with Crippen LogP contribution in [-0.2, 0) is 4.46 Å². The third kappa shape index (κ3) is 58.6. The zero-order chi connectivity index (χ0) is 3.58. The second-order valence-corrected chi connectivity index (χ2v) is 0.848. The quantitative estimate of drug-likeness (QED) is 0.436. The molecule has 0 radical (unpaired) electrons. The van der Waals surface area contributed by atoms with Gasteiger partial charge in [0, 0.05) is 0 Å². The van der Waals surface area contributed by atoms with Gasteiger partial charge in [0.05, 0.1) is 0 Å². The molecule has 0 saturated carbocycles.